The van der Waals surface area contributed by atoms with Gasteiger partial charge in [-0.25, -0.2) is 4.98 Å². The Morgan fingerprint density at radius 2 is 1.71 bits per heavy atom. The highest BCUT2D eigenvalue weighted by Crippen LogP contribution is 2.33. The first-order valence-corrected chi connectivity index (χ1v) is 7.56. The van der Waals surface area contributed by atoms with Crippen LogP contribution in [0.4, 0.5) is 0 Å². The molecule has 1 N–H and O–H groups in total. The standard InChI is InChI=1S/C17H13N3S/c1-11-10-16(21-20-11)12-6-2-3-7-13(12)17-18-14-8-4-5-9-15(14)19-17/h2-10H,1H3,(H,18,19). The Labute approximate surface area is 126 Å². The monoisotopic (exact) mass is 291 g/mol. The summed E-state index contributed by atoms with van der Waals surface area (Å²) in [7, 11) is 0. The molecule has 4 heteroatoms. The highest BCUT2D eigenvalue weighted by atomic mass is 32.1. The fourth-order valence-corrected chi connectivity index (χ4v) is 3.27. The first kappa shape index (κ1) is 12.3. The third-order valence-electron chi connectivity index (χ3n) is 3.46. The van der Waals surface area contributed by atoms with Crippen molar-refractivity contribution in [2.45, 2.75) is 6.92 Å². The summed E-state index contributed by atoms with van der Waals surface area (Å²) in [5, 5.41) is 0. The van der Waals surface area contributed by atoms with Crippen molar-refractivity contribution in [3.63, 3.8) is 0 Å². The molecule has 0 aliphatic carbocycles. The summed E-state index contributed by atoms with van der Waals surface area (Å²) < 4.78 is 4.38. The van der Waals surface area contributed by atoms with E-state index in [9.17, 15) is 0 Å². The highest BCUT2D eigenvalue weighted by molar-refractivity contribution is 7.09. The Balaban J connectivity index is 1.92. The first-order valence-electron chi connectivity index (χ1n) is 6.79. The van der Waals surface area contributed by atoms with Crippen LogP contribution in [0.2, 0.25) is 0 Å². The summed E-state index contributed by atoms with van der Waals surface area (Å²) in [5.41, 5.74) is 5.37. The molecule has 0 spiro atoms. The quantitative estimate of drug-likeness (QED) is 0.583. The van der Waals surface area contributed by atoms with Gasteiger partial charge in [-0.15, -0.1) is 0 Å². The lowest BCUT2D eigenvalue weighted by Crippen LogP contribution is -1.84. The molecular formula is C17H13N3S. The van der Waals surface area contributed by atoms with Crippen molar-refractivity contribution in [3.8, 4) is 21.8 Å². The second-order valence-electron chi connectivity index (χ2n) is 4.98. The number of rotatable bonds is 2. The zero-order chi connectivity index (χ0) is 14.2. The van der Waals surface area contributed by atoms with E-state index < -0.39 is 0 Å². The Morgan fingerprint density at radius 3 is 2.48 bits per heavy atom. The maximum Gasteiger partial charge on any atom is 0.139 e. The van der Waals surface area contributed by atoms with E-state index in [-0.39, 0.29) is 0 Å². The van der Waals surface area contributed by atoms with Crippen LogP contribution in [-0.4, -0.2) is 14.3 Å². The molecule has 2 heterocycles. The number of nitrogens with one attached hydrogen (secondary N) is 1. The van der Waals surface area contributed by atoms with Gasteiger partial charge in [0.1, 0.15) is 5.82 Å². The predicted molar refractivity (Wildman–Crippen MR) is 87.4 cm³/mol. The van der Waals surface area contributed by atoms with E-state index in [4.69, 9.17) is 4.98 Å². The van der Waals surface area contributed by atoms with Crippen molar-refractivity contribution in [2.75, 3.05) is 0 Å². The first-order chi connectivity index (χ1) is 10.3. The molecule has 3 nitrogen and oxygen atoms in total. The van der Waals surface area contributed by atoms with Crippen LogP contribution in [0.5, 0.6) is 0 Å². The minimum Gasteiger partial charge on any atom is -0.338 e. The van der Waals surface area contributed by atoms with Gasteiger partial charge in [0.2, 0.25) is 0 Å². The number of hydrogen-bond donors (Lipinski definition) is 1. The smallest absolute Gasteiger partial charge is 0.139 e. The van der Waals surface area contributed by atoms with Gasteiger partial charge in [-0.2, -0.15) is 4.37 Å². The molecule has 2 aromatic heterocycles. The number of H-pyrrole nitrogens is 1. The lowest BCUT2D eigenvalue weighted by atomic mass is 10.1. The number of benzene rings is 2. The maximum atomic E-state index is 4.70. The summed E-state index contributed by atoms with van der Waals surface area (Å²) >= 11 is 1.53. The van der Waals surface area contributed by atoms with E-state index in [0.717, 1.165) is 28.1 Å². The van der Waals surface area contributed by atoms with Gasteiger partial charge in [0.25, 0.3) is 0 Å². The van der Waals surface area contributed by atoms with Crippen molar-refractivity contribution in [1.29, 1.82) is 0 Å². The number of aromatic nitrogens is 3. The molecule has 4 rings (SSSR count). The second-order valence-corrected chi connectivity index (χ2v) is 5.79. The molecule has 0 fully saturated rings. The average Bonchev–Trinajstić information content (AvgIpc) is 3.13. The Hall–Kier alpha value is -2.46. The topological polar surface area (TPSA) is 41.6 Å². The van der Waals surface area contributed by atoms with E-state index in [1.807, 2.05) is 37.3 Å². The summed E-state index contributed by atoms with van der Waals surface area (Å²) in [5.74, 6) is 0.901. The highest BCUT2D eigenvalue weighted by Gasteiger charge is 2.12. The summed E-state index contributed by atoms with van der Waals surface area (Å²) in [4.78, 5) is 9.28. The van der Waals surface area contributed by atoms with Crippen molar-refractivity contribution in [1.82, 2.24) is 14.3 Å². The molecule has 0 bridgehead atoms. The van der Waals surface area contributed by atoms with Crippen LogP contribution in [0, 0.1) is 6.92 Å². The Morgan fingerprint density at radius 1 is 0.952 bits per heavy atom. The van der Waals surface area contributed by atoms with E-state index in [1.165, 1.54) is 22.0 Å². The van der Waals surface area contributed by atoms with Crippen LogP contribution < -0.4 is 0 Å². The number of aryl methyl sites for hydroxylation is 1. The molecule has 21 heavy (non-hydrogen) atoms. The van der Waals surface area contributed by atoms with Gasteiger partial charge in [0, 0.05) is 11.1 Å². The zero-order valence-electron chi connectivity index (χ0n) is 11.5. The number of aromatic amines is 1. The van der Waals surface area contributed by atoms with Crippen LogP contribution in [0.15, 0.2) is 54.6 Å². The van der Waals surface area contributed by atoms with Gasteiger partial charge in [0.15, 0.2) is 0 Å². The average molecular weight is 291 g/mol. The Bertz CT molecular complexity index is 887. The van der Waals surface area contributed by atoms with Gasteiger partial charge in [0.05, 0.1) is 21.6 Å². The third-order valence-corrected chi connectivity index (χ3v) is 4.38. The molecule has 0 atom stereocenters. The lowest BCUT2D eigenvalue weighted by molar-refractivity contribution is 1.33. The van der Waals surface area contributed by atoms with Crippen LogP contribution >= 0.6 is 11.5 Å². The normalized spacial score (nSPS) is 11.1. The molecule has 0 amide bonds. The van der Waals surface area contributed by atoms with E-state index in [2.05, 4.69) is 33.6 Å². The van der Waals surface area contributed by atoms with E-state index >= 15 is 0 Å². The third kappa shape index (κ3) is 2.14. The number of fused-ring (bicyclic) bond motifs is 1. The van der Waals surface area contributed by atoms with Gasteiger partial charge in [-0.05, 0) is 36.7 Å². The summed E-state index contributed by atoms with van der Waals surface area (Å²) in [6, 6.07) is 18.5. The van der Waals surface area contributed by atoms with Crippen molar-refractivity contribution in [3.05, 3.63) is 60.3 Å². The molecule has 0 saturated carbocycles. The fraction of sp³-hybridized carbons (Fsp3) is 0.0588. The predicted octanol–water partition coefficient (Wildman–Crippen LogP) is 4.66. The van der Waals surface area contributed by atoms with E-state index in [1.54, 1.807) is 0 Å². The molecule has 0 radical (unpaired) electrons. The van der Waals surface area contributed by atoms with Gasteiger partial charge in [-0.3, -0.25) is 0 Å². The van der Waals surface area contributed by atoms with Crippen LogP contribution in [0.1, 0.15) is 5.69 Å². The molecule has 102 valence electrons. The lowest BCUT2D eigenvalue weighted by Gasteiger charge is -2.04. The van der Waals surface area contributed by atoms with Crippen LogP contribution in [0.25, 0.3) is 32.9 Å². The van der Waals surface area contributed by atoms with Gasteiger partial charge >= 0.3 is 0 Å². The SMILES string of the molecule is Cc1cc(-c2ccccc2-c2nc3ccccc3[nH]2)sn1. The molecule has 4 aromatic rings. The molecular weight excluding hydrogens is 278 g/mol. The minimum atomic E-state index is 0.901. The number of nitrogens with zero attached hydrogens (tertiary/aromatic N) is 2. The van der Waals surface area contributed by atoms with Crippen molar-refractivity contribution in [2.24, 2.45) is 0 Å². The van der Waals surface area contributed by atoms with Gasteiger partial charge in [-0.1, -0.05) is 36.4 Å². The number of imidazole rings is 1. The molecule has 0 aliphatic heterocycles. The largest absolute Gasteiger partial charge is 0.338 e. The zero-order valence-corrected chi connectivity index (χ0v) is 12.3. The molecule has 2 aromatic carbocycles. The Kier molecular flexibility index (Phi) is 2.82. The summed E-state index contributed by atoms with van der Waals surface area (Å²) in [6.07, 6.45) is 0. The summed E-state index contributed by atoms with van der Waals surface area (Å²) in [6.45, 7) is 2.02. The second kappa shape index (κ2) is 4.82. The van der Waals surface area contributed by atoms with Crippen LogP contribution in [0.3, 0.4) is 0 Å². The minimum absolute atomic E-state index is 0.901. The molecule has 0 unspecified atom stereocenters. The van der Waals surface area contributed by atoms with Gasteiger partial charge < -0.3 is 4.98 Å². The molecule has 0 saturated heterocycles. The van der Waals surface area contributed by atoms with E-state index in [0.29, 0.717) is 0 Å². The fourth-order valence-electron chi connectivity index (χ4n) is 2.48. The van der Waals surface area contributed by atoms with Crippen molar-refractivity contribution >= 4 is 22.6 Å². The number of hydrogen-bond acceptors (Lipinski definition) is 3. The maximum absolute atomic E-state index is 4.70. The number of para-hydroxylation sites is 2. The van der Waals surface area contributed by atoms with Crippen LogP contribution in [-0.2, 0) is 0 Å². The molecule has 0 aliphatic rings. The van der Waals surface area contributed by atoms with Crippen molar-refractivity contribution < 1.29 is 0 Å².